The predicted octanol–water partition coefficient (Wildman–Crippen LogP) is 5.47. The molecule has 0 aliphatic heterocycles. The van der Waals surface area contributed by atoms with Crippen LogP contribution in [0.5, 0.6) is 0 Å². The summed E-state index contributed by atoms with van der Waals surface area (Å²) in [6.07, 6.45) is 10.9. The van der Waals surface area contributed by atoms with Gasteiger partial charge in [0.2, 0.25) is 0 Å². The number of nitrogens with one attached hydrogen (secondary N) is 1. The zero-order valence-corrected chi connectivity index (χ0v) is 20.8. The fraction of sp³-hybridized carbons (Fsp3) is 0.630. The Morgan fingerprint density at radius 3 is 2.53 bits per heavy atom. The van der Waals surface area contributed by atoms with Crippen LogP contribution >= 0.6 is 0 Å². The smallest absolute Gasteiger partial charge is 0.252 e. The van der Waals surface area contributed by atoms with Gasteiger partial charge in [0, 0.05) is 23.7 Å². The average molecular weight is 463 g/mol. The third-order valence-corrected chi connectivity index (χ3v) is 7.92. The van der Waals surface area contributed by atoms with Crippen molar-refractivity contribution in [3.63, 3.8) is 0 Å². The lowest BCUT2D eigenvalue weighted by Gasteiger charge is -2.38. The first-order valence-corrected chi connectivity index (χ1v) is 13.2. The molecule has 0 amide bonds. The summed E-state index contributed by atoms with van der Waals surface area (Å²) in [6.45, 7) is 7.24. The van der Waals surface area contributed by atoms with Gasteiger partial charge in [-0.3, -0.25) is 9.69 Å². The number of hydrogen-bond acceptors (Lipinski definition) is 5. The topological polar surface area (TPSA) is 79.7 Å². The van der Waals surface area contributed by atoms with Crippen LogP contribution in [0.15, 0.2) is 29.1 Å². The van der Waals surface area contributed by atoms with Crippen molar-refractivity contribution in [1.82, 2.24) is 30.1 Å². The third-order valence-electron chi connectivity index (χ3n) is 7.92. The molecule has 7 heteroatoms. The second kappa shape index (κ2) is 9.98. The SMILES string of the molecule is Cc1ccc2[nH]c(=O)c(CN(C3CCCC3)[C@@H](c3nnnn3C3CCCCC3)C(C)C)cc2c1. The molecule has 7 nitrogen and oxygen atoms in total. The second-order valence-electron chi connectivity index (χ2n) is 10.8. The zero-order chi connectivity index (χ0) is 23.7. The van der Waals surface area contributed by atoms with Gasteiger partial charge >= 0.3 is 0 Å². The lowest BCUT2D eigenvalue weighted by molar-refractivity contribution is 0.0815. The molecule has 2 heterocycles. The summed E-state index contributed by atoms with van der Waals surface area (Å²) in [5.41, 5.74) is 2.93. The van der Waals surface area contributed by atoms with Gasteiger partial charge in [-0.15, -0.1) is 5.10 Å². The van der Waals surface area contributed by atoms with Crippen LogP contribution in [0.25, 0.3) is 10.9 Å². The van der Waals surface area contributed by atoms with Gasteiger partial charge in [0.05, 0.1) is 12.1 Å². The number of tetrazole rings is 1. The van der Waals surface area contributed by atoms with Crippen LogP contribution < -0.4 is 5.56 Å². The molecule has 34 heavy (non-hydrogen) atoms. The molecule has 2 fully saturated rings. The number of benzene rings is 1. The highest BCUT2D eigenvalue weighted by atomic mass is 16.1. The minimum Gasteiger partial charge on any atom is -0.322 e. The van der Waals surface area contributed by atoms with Crippen LogP contribution in [0.1, 0.15) is 101 Å². The highest BCUT2D eigenvalue weighted by molar-refractivity contribution is 5.79. The van der Waals surface area contributed by atoms with E-state index >= 15 is 0 Å². The van der Waals surface area contributed by atoms with Crippen molar-refractivity contribution >= 4 is 10.9 Å². The summed E-state index contributed by atoms with van der Waals surface area (Å²) in [5, 5.41) is 14.3. The lowest BCUT2D eigenvalue weighted by atomic mass is 9.94. The summed E-state index contributed by atoms with van der Waals surface area (Å²) in [6, 6.07) is 9.19. The Bertz CT molecular complexity index is 1170. The number of rotatable bonds is 7. The molecule has 0 unspecified atom stereocenters. The summed E-state index contributed by atoms with van der Waals surface area (Å²) < 4.78 is 2.12. The standard InChI is InChI=1S/C27H38N6O/c1-18(2)25(26-29-30-31-33(26)23-11-5-4-6-12-23)32(22-9-7-8-10-22)17-21-16-20-15-19(3)13-14-24(20)28-27(21)34/h13-16,18,22-23,25H,4-12,17H2,1-3H3,(H,28,34)/t25-/m1/s1. The first-order valence-electron chi connectivity index (χ1n) is 13.2. The number of fused-ring (bicyclic) bond motifs is 1. The van der Waals surface area contributed by atoms with Crippen LogP contribution in [-0.4, -0.2) is 36.1 Å². The minimum absolute atomic E-state index is 0.00808. The molecule has 0 spiro atoms. The largest absolute Gasteiger partial charge is 0.322 e. The molecule has 1 N–H and O–H groups in total. The van der Waals surface area contributed by atoms with Gasteiger partial charge in [0.25, 0.3) is 5.56 Å². The summed E-state index contributed by atoms with van der Waals surface area (Å²) >= 11 is 0. The van der Waals surface area contributed by atoms with Gasteiger partial charge in [-0.05, 0) is 72.5 Å². The maximum Gasteiger partial charge on any atom is 0.252 e. The van der Waals surface area contributed by atoms with Crippen molar-refractivity contribution in [1.29, 1.82) is 0 Å². The number of pyridine rings is 1. The Morgan fingerprint density at radius 2 is 1.79 bits per heavy atom. The van der Waals surface area contributed by atoms with E-state index in [2.05, 4.69) is 63.0 Å². The van der Waals surface area contributed by atoms with Crippen LogP contribution in [0.3, 0.4) is 0 Å². The highest BCUT2D eigenvalue weighted by Crippen LogP contribution is 2.38. The van der Waals surface area contributed by atoms with Gasteiger partial charge in [-0.2, -0.15) is 0 Å². The van der Waals surface area contributed by atoms with E-state index in [4.69, 9.17) is 0 Å². The third kappa shape index (κ3) is 4.67. The van der Waals surface area contributed by atoms with Crippen LogP contribution in [-0.2, 0) is 6.54 Å². The molecule has 2 aromatic heterocycles. The molecular weight excluding hydrogens is 424 g/mol. The maximum atomic E-state index is 13.1. The predicted molar refractivity (Wildman–Crippen MR) is 135 cm³/mol. The van der Waals surface area contributed by atoms with Crippen LogP contribution in [0, 0.1) is 12.8 Å². The molecule has 0 bridgehead atoms. The van der Waals surface area contributed by atoms with Crippen molar-refractivity contribution < 1.29 is 0 Å². The van der Waals surface area contributed by atoms with Gasteiger partial charge in [-0.1, -0.05) is 57.6 Å². The van der Waals surface area contributed by atoms with E-state index in [9.17, 15) is 4.79 Å². The molecule has 2 aliphatic carbocycles. The maximum absolute atomic E-state index is 13.1. The molecule has 1 aromatic carbocycles. The summed E-state index contributed by atoms with van der Waals surface area (Å²) in [7, 11) is 0. The number of aryl methyl sites for hydroxylation is 1. The molecular formula is C27H38N6O. The fourth-order valence-electron chi connectivity index (χ4n) is 6.19. The minimum atomic E-state index is 0.00808. The number of aromatic nitrogens is 5. The molecule has 2 saturated carbocycles. The Kier molecular flexibility index (Phi) is 6.82. The Balaban J connectivity index is 1.54. The van der Waals surface area contributed by atoms with Gasteiger partial charge in [-0.25, -0.2) is 4.68 Å². The highest BCUT2D eigenvalue weighted by Gasteiger charge is 2.36. The monoisotopic (exact) mass is 462 g/mol. The number of nitrogens with zero attached hydrogens (tertiary/aromatic N) is 5. The van der Waals surface area contributed by atoms with Gasteiger partial charge in [0.1, 0.15) is 0 Å². The Hall–Kier alpha value is -2.54. The molecule has 2 aliphatic rings. The number of H-pyrrole nitrogens is 1. The first-order chi connectivity index (χ1) is 16.5. The Morgan fingerprint density at radius 1 is 1.06 bits per heavy atom. The van der Waals surface area contributed by atoms with E-state index in [0.717, 1.165) is 35.1 Å². The van der Waals surface area contributed by atoms with E-state index in [0.29, 0.717) is 24.5 Å². The first kappa shape index (κ1) is 23.2. The van der Waals surface area contributed by atoms with E-state index in [1.807, 2.05) is 12.1 Å². The van der Waals surface area contributed by atoms with Crippen LogP contribution in [0.4, 0.5) is 0 Å². The van der Waals surface area contributed by atoms with Crippen molar-refractivity contribution in [3.05, 3.63) is 51.6 Å². The van der Waals surface area contributed by atoms with Gasteiger partial charge in [0.15, 0.2) is 5.82 Å². The number of hydrogen-bond donors (Lipinski definition) is 1. The molecule has 0 radical (unpaired) electrons. The molecule has 5 rings (SSSR count). The zero-order valence-electron chi connectivity index (χ0n) is 20.8. The van der Waals surface area contributed by atoms with Crippen LogP contribution in [0.2, 0.25) is 0 Å². The molecule has 0 saturated heterocycles. The van der Waals surface area contributed by atoms with E-state index in [1.54, 1.807) is 0 Å². The number of aromatic amines is 1. The summed E-state index contributed by atoms with van der Waals surface area (Å²) in [5.74, 6) is 1.30. The van der Waals surface area contributed by atoms with Crippen molar-refractivity contribution in [2.24, 2.45) is 5.92 Å². The molecule has 182 valence electrons. The van der Waals surface area contributed by atoms with E-state index < -0.39 is 0 Å². The average Bonchev–Trinajstić information content (AvgIpc) is 3.52. The van der Waals surface area contributed by atoms with E-state index in [-0.39, 0.29) is 11.6 Å². The quantitative estimate of drug-likeness (QED) is 0.504. The lowest BCUT2D eigenvalue weighted by Crippen LogP contribution is -2.41. The molecule has 3 aromatic rings. The van der Waals surface area contributed by atoms with E-state index in [1.165, 1.54) is 50.5 Å². The normalized spacial score (nSPS) is 19.0. The van der Waals surface area contributed by atoms with Crippen molar-refractivity contribution in [2.75, 3.05) is 0 Å². The molecule has 1 atom stereocenters. The fourth-order valence-corrected chi connectivity index (χ4v) is 6.19. The van der Waals surface area contributed by atoms with Crippen molar-refractivity contribution in [3.8, 4) is 0 Å². The second-order valence-corrected chi connectivity index (χ2v) is 10.8. The summed E-state index contributed by atoms with van der Waals surface area (Å²) in [4.78, 5) is 18.8. The van der Waals surface area contributed by atoms with Gasteiger partial charge < -0.3 is 4.98 Å². The van der Waals surface area contributed by atoms with Crippen molar-refractivity contribution in [2.45, 2.75) is 103 Å². The Labute approximate surface area is 201 Å².